The zero-order valence-corrected chi connectivity index (χ0v) is 18.0. The smallest absolute Gasteiger partial charge is 0.253 e. The lowest BCUT2D eigenvalue weighted by Crippen LogP contribution is -2.44. The van der Waals surface area contributed by atoms with E-state index in [2.05, 4.69) is 11.9 Å². The largest absolute Gasteiger partial charge is 0.393 e. The minimum Gasteiger partial charge on any atom is -0.393 e. The number of piperidine rings is 1. The Morgan fingerprint density at radius 1 is 1.17 bits per heavy atom. The first-order chi connectivity index (χ1) is 13.9. The molecule has 0 bridgehead atoms. The predicted molar refractivity (Wildman–Crippen MR) is 114 cm³/mol. The number of likely N-dealkylation sites (N-methyl/N-ethyl adjacent to an activating group) is 1. The maximum absolute atomic E-state index is 12.8. The second-order valence-electron chi connectivity index (χ2n) is 9.70. The molecule has 5 heteroatoms. The fourth-order valence-electron chi connectivity index (χ4n) is 5.39. The minimum atomic E-state index is -0.0987. The molecule has 2 heterocycles. The number of aliphatic hydroxyl groups excluding tert-OH is 1. The molecular weight excluding hydrogens is 364 g/mol. The average Bonchev–Trinajstić information content (AvgIpc) is 3.11. The summed E-state index contributed by atoms with van der Waals surface area (Å²) in [6.07, 6.45) is 7.42. The van der Waals surface area contributed by atoms with Gasteiger partial charge in [-0.25, -0.2) is 0 Å². The van der Waals surface area contributed by atoms with Gasteiger partial charge in [0.05, 0.1) is 18.8 Å². The molecule has 1 atom stereocenters. The summed E-state index contributed by atoms with van der Waals surface area (Å²) in [5.74, 6) is 0.162. The number of carbonyl (C=O) groups excluding carboxylic acids is 1. The van der Waals surface area contributed by atoms with Gasteiger partial charge in [-0.15, -0.1) is 0 Å². The molecule has 2 saturated heterocycles. The maximum Gasteiger partial charge on any atom is 0.253 e. The highest BCUT2D eigenvalue weighted by Gasteiger charge is 2.43. The molecule has 160 valence electrons. The lowest BCUT2D eigenvalue weighted by Gasteiger charge is -2.39. The van der Waals surface area contributed by atoms with Crippen LogP contribution in [0.25, 0.3) is 0 Å². The molecule has 2 aliphatic heterocycles. The molecule has 1 aromatic carbocycles. The minimum absolute atomic E-state index is 0.0987. The Kier molecular flexibility index (Phi) is 6.28. The van der Waals surface area contributed by atoms with Crippen LogP contribution in [0.5, 0.6) is 0 Å². The first-order valence-electron chi connectivity index (χ1n) is 11.3. The Morgan fingerprint density at radius 2 is 1.83 bits per heavy atom. The van der Waals surface area contributed by atoms with Crippen LogP contribution in [0.2, 0.25) is 0 Å². The monoisotopic (exact) mass is 400 g/mol. The third kappa shape index (κ3) is 4.84. The van der Waals surface area contributed by atoms with Crippen molar-refractivity contribution >= 4 is 5.91 Å². The van der Waals surface area contributed by atoms with E-state index in [1.165, 1.54) is 5.56 Å². The Bertz CT molecular complexity index is 689. The third-order valence-corrected chi connectivity index (χ3v) is 7.48. The molecule has 1 saturated carbocycles. The van der Waals surface area contributed by atoms with E-state index in [1.54, 1.807) is 0 Å². The van der Waals surface area contributed by atoms with Gasteiger partial charge >= 0.3 is 0 Å². The van der Waals surface area contributed by atoms with Gasteiger partial charge in [0, 0.05) is 31.2 Å². The number of likely N-dealkylation sites (tertiary alicyclic amines) is 1. The summed E-state index contributed by atoms with van der Waals surface area (Å²) in [5.41, 5.74) is 2.23. The predicted octanol–water partition coefficient (Wildman–Crippen LogP) is 3.24. The number of nitrogens with zero attached hydrogens (tertiary/aromatic N) is 2. The van der Waals surface area contributed by atoms with Crippen molar-refractivity contribution in [2.75, 3.05) is 33.3 Å². The third-order valence-electron chi connectivity index (χ3n) is 7.48. The summed E-state index contributed by atoms with van der Waals surface area (Å²) < 4.78 is 6.23. The van der Waals surface area contributed by atoms with Crippen LogP contribution in [-0.4, -0.2) is 72.4 Å². The first-order valence-corrected chi connectivity index (χ1v) is 11.3. The molecule has 3 aliphatic rings. The van der Waals surface area contributed by atoms with Gasteiger partial charge in [0.1, 0.15) is 0 Å². The van der Waals surface area contributed by atoms with Gasteiger partial charge in [-0.05, 0) is 76.5 Å². The maximum atomic E-state index is 12.8. The Labute approximate surface area is 175 Å². The molecule has 29 heavy (non-hydrogen) atoms. The quantitative estimate of drug-likeness (QED) is 0.843. The van der Waals surface area contributed by atoms with Crippen LogP contribution in [0.4, 0.5) is 0 Å². The number of benzene rings is 1. The van der Waals surface area contributed by atoms with Crippen molar-refractivity contribution in [3.8, 4) is 0 Å². The van der Waals surface area contributed by atoms with Crippen LogP contribution in [-0.2, 0) is 4.74 Å². The number of amides is 1. The summed E-state index contributed by atoms with van der Waals surface area (Å²) >= 11 is 0. The van der Waals surface area contributed by atoms with Crippen molar-refractivity contribution in [3.05, 3.63) is 35.4 Å². The van der Waals surface area contributed by atoms with E-state index in [-0.39, 0.29) is 17.4 Å². The number of carbonyl (C=O) groups is 1. The highest BCUT2D eigenvalue weighted by Crippen LogP contribution is 2.42. The van der Waals surface area contributed by atoms with Crippen molar-refractivity contribution in [3.63, 3.8) is 0 Å². The highest BCUT2D eigenvalue weighted by atomic mass is 16.5. The molecule has 3 fully saturated rings. The SMILES string of the molecule is Cc1ccc(C(=O)N2CCC3(CC2)CO[C@H](CN(C)C2CCC(O)CC2)C3)cc1. The van der Waals surface area contributed by atoms with Crippen molar-refractivity contribution < 1.29 is 14.6 Å². The summed E-state index contributed by atoms with van der Waals surface area (Å²) in [6.45, 7) is 5.53. The lowest BCUT2D eigenvalue weighted by molar-refractivity contribution is 0.0336. The van der Waals surface area contributed by atoms with E-state index in [0.29, 0.717) is 12.1 Å². The molecular formula is C24H36N2O3. The molecule has 1 spiro atoms. The fourth-order valence-corrected chi connectivity index (χ4v) is 5.39. The highest BCUT2D eigenvalue weighted by molar-refractivity contribution is 5.94. The number of aliphatic hydroxyl groups is 1. The van der Waals surface area contributed by atoms with Crippen LogP contribution >= 0.6 is 0 Å². The van der Waals surface area contributed by atoms with Crippen LogP contribution in [0.1, 0.15) is 60.9 Å². The first kappa shape index (κ1) is 20.8. The van der Waals surface area contributed by atoms with Crippen molar-refractivity contribution in [1.29, 1.82) is 0 Å². The molecule has 0 radical (unpaired) electrons. The molecule has 0 aromatic heterocycles. The Hall–Kier alpha value is -1.43. The van der Waals surface area contributed by atoms with Gasteiger partial charge in [0.2, 0.25) is 0 Å². The molecule has 5 nitrogen and oxygen atoms in total. The summed E-state index contributed by atoms with van der Waals surface area (Å²) in [4.78, 5) is 17.3. The van der Waals surface area contributed by atoms with Gasteiger partial charge in [-0.2, -0.15) is 0 Å². The summed E-state index contributed by atoms with van der Waals surface area (Å²) in [6, 6.07) is 8.48. The van der Waals surface area contributed by atoms with Crippen LogP contribution in [0, 0.1) is 12.3 Å². The van der Waals surface area contributed by atoms with E-state index >= 15 is 0 Å². The molecule has 1 aromatic rings. The normalized spacial score (nSPS) is 29.5. The Balaban J connectivity index is 1.26. The van der Waals surface area contributed by atoms with Crippen molar-refractivity contribution in [1.82, 2.24) is 9.80 Å². The van der Waals surface area contributed by atoms with Gasteiger partial charge in [0.15, 0.2) is 0 Å². The Morgan fingerprint density at radius 3 is 2.48 bits per heavy atom. The molecule has 1 amide bonds. The number of hydrogen-bond acceptors (Lipinski definition) is 4. The lowest BCUT2D eigenvalue weighted by atomic mass is 9.76. The van der Waals surface area contributed by atoms with E-state index < -0.39 is 0 Å². The second-order valence-corrected chi connectivity index (χ2v) is 9.70. The number of aryl methyl sites for hydroxylation is 1. The fraction of sp³-hybridized carbons (Fsp3) is 0.708. The second kappa shape index (κ2) is 8.75. The van der Waals surface area contributed by atoms with Crippen molar-refractivity contribution in [2.45, 2.75) is 70.1 Å². The standard InChI is InChI=1S/C24H36N2O3/c1-18-3-5-19(6-4-18)23(28)26-13-11-24(12-14-26)15-22(29-17-24)16-25(2)20-7-9-21(27)10-8-20/h3-6,20-22,27H,7-17H2,1-2H3/t20?,21?,22-/m0/s1. The van der Waals surface area contributed by atoms with Gasteiger partial charge in [-0.3, -0.25) is 4.79 Å². The van der Waals surface area contributed by atoms with E-state index in [0.717, 1.165) is 76.8 Å². The van der Waals surface area contributed by atoms with Crippen LogP contribution in [0.15, 0.2) is 24.3 Å². The average molecular weight is 401 g/mol. The molecule has 1 aliphatic carbocycles. The zero-order valence-electron chi connectivity index (χ0n) is 18.0. The van der Waals surface area contributed by atoms with Crippen LogP contribution < -0.4 is 0 Å². The van der Waals surface area contributed by atoms with E-state index in [1.807, 2.05) is 36.1 Å². The van der Waals surface area contributed by atoms with Gasteiger partial charge < -0.3 is 19.6 Å². The number of ether oxygens (including phenoxy) is 1. The molecule has 0 unspecified atom stereocenters. The van der Waals surface area contributed by atoms with Crippen LogP contribution in [0.3, 0.4) is 0 Å². The topological polar surface area (TPSA) is 53.0 Å². The summed E-state index contributed by atoms with van der Waals surface area (Å²) in [7, 11) is 2.21. The summed E-state index contributed by atoms with van der Waals surface area (Å²) in [5, 5.41) is 9.73. The zero-order chi connectivity index (χ0) is 20.4. The molecule has 1 N–H and O–H groups in total. The van der Waals surface area contributed by atoms with E-state index in [9.17, 15) is 9.90 Å². The number of rotatable bonds is 4. The molecule has 4 rings (SSSR count). The number of hydrogen-bond donors (Lipinski definition) is 1. The van der Waals surface area contributed by atoms with E-state index in [4.69, 9.17) is 4.74 Å². The van der Waals surface area contributed by atoms with Crippen molar-refractivity contribution in [2.24, 2.45) is 5.41 Å². The van der Waals surface area contributed by atoms with Gasteiger partial charge in [0.25, 0.3) is 5.91 Å². The van der Waals surface area contributed by atoms with Gasteiger partial charge in [-0.1, -0.05) is 17.7 Å².